The molecule has 0 saturated carbocycles. The van der Waals surface area contributed by atoms with Gasteiger partial charge >= 0.3 is 0 Å². The molecule has 21 heavy (non-hydrogen) atoms. The molecule has 0 bridgehead atoms. The summed E-state index contributed by atoms with van der Waals surface area (Å²) in [7, 11) is 0. The fourth-order valence-corrected chi connectivity index (χ4v) is 2.85. The summed E-state index contributed by atoms with van der Waals surface area (Å²) < 4.78 is 5.47. The van der Waals surface area contributed by atoms with Crippen LogP contribution in [-0.4, -0.2) is 0 Å². The quantitative estimate of drug-likeness (QED) is 0.908. The van der Waals surface area contributed by atoms with Gasteiger partial charge in [0.2, 0.25) is 0 Å². The van der Waals surface area contributed by atoms with Crippen molar-refractivity contribution >= 4 is 0 Å². The lowest BCUT2D eigenvalue weighted by Crippen LogP contribution is -2.12. The van der Waals surface area contributed by atoms with Crippen molar-refractivity contribution in [2.75, 3.05) is 0 Å². The van der Waals surface area contributed by atoms with Crippen LogP contribution in [-0.2, 0) is 18.0 Å². The van der Waals surface area contributed by atoms with E-state index in [4.69, 9.17) is 10.5 Å². The van der Waals surface area contributed by atoms with Crippen molar-refractivity contribution in [3.63, 3.8) is 0 Å². The van der Waals surface area contributed by atoms with Crippen LogP contribution in [0, 0.1) is 0 Å². The van der Waals surface area contributed by atoms with Gasteiger partial charge in [0.1, 0.15) is 0 Å². The van der Waals surface area contributed by atoms with Gasteiger partial charge in [-0.15, -0.1) is 0 Å². The van der Waals surface area contributed by atoms with Gasteiger partial charge in [-0.1, -0.05) is 56.3 Å². The first-order chi connectivity index (χ1) is 10.2. The van der Waals surface area contributed by atoms with Gasteiger partial charge in [-0.2, -0.15) is 0 Å². The number of nitrogens with two attached hydrogens (primary N) is 1. The molecular formula is C19H23NO. The van der Waals surface area contributed by atoms with Crippen molar-refractivity contribution in [1.82, 2.24) is 0 Å². The molecule has 2 atom stereocenters. The number of ether oxygens (including phenoxy) is 1. The highest BCUT2D eigenvalue weighted by molar-refractivity contribution is 5.39. The smallest absolute Gasteiger partial charge is 0.0725 e. The second-order valence-electron chi connectivity index (χ2n) is 5.97. The van der Waals surface area contributed by atoms with Crippen LogP contribution in [0.2, 0.25) is 0 Å². The van der Waals surface area contributed by atoms with Crippen LogP contribution in [0.4, 0.5) is 0 Å². The van der Waals surface area contributed by atoms with E-state index < -0.39 is 0 Å². The van der Waals surface area contributed by atoms with E-state index in [1.165, 1.54) is 22.3 Å². The SMILES string of the molecule is CCC(C)c1ccc(C(N)c2ccc3c(c2)COC3)cc1. The Hall–Kier alpha value is -1.64. The molecule has 2 aromatic carbocycles. The van der Waals surface area contributed by atoms with Crippen LogP contribution in [0.15, 0.2) is 42.5 Å². The molecule has 2 heteroatoms. The first-order valence-corrected chi connectivity index (χ1v) is 7.74. The number of fused-ring (bicyclic) bond motifs is 1. The zero-order valence-electron chi connectivity index (χ0n) is 12.8. The van der Waals surface area contributed by atoms with Crippen LogP contribution in [0.25, 0.3) is 0 Å². The molecular weight excluding hydrogens is 258 g/mol. The minimum atomic E-state index is -0.0677. The molecule has 3 rings (SSSR count). The molecule has 0 saturated heterocycles. The van der Waals surface area contributed by atoms with E-state index >= 15 is 0 Å². The van der Waals surface area contributed by atoms with Crippen molar-refractivity contribution in [2.45, 2.75) is 45.4 Å². The second-order valence-corrected chi connectivity index (χ2v) is 5.97. The summed E-state index contributed by atoms with van der Waals surface area (Å²) in [6.07, 6.45) is 1.16. The van der Waals surface area contributed by atoms with E-state index in [9.17, 15) is 0 Å². The lowest BCUT2D eigenvalue weighted by molar-refractivity contribution is 0.134. The van der Waals surface area contributed by atoms with Crippen LogP contribution < -0.4 is 5.73 Å². The number of benzene rings is 2. The lowest BCUT2D eigenvalue weighted by atomic mass is 9.93. The highest BCUT2D eigenvalue weighted by Crippen LogP contribution is 2.27. The summed E-state index contributed by atoms with van der Waals surface area (Å²) in [5, 5.41) is 0. The largest absolute Gasteiger partial charge is 0.372 e. The Bertz CT molecular complexity index is 618. The average molecular weight is 281 g/mol. The number of hydrogen-bond donors (Lipinski definition) is 1. The topological polar surface area (TPSA) is 35.2 Å². The Labute approximate surface area is 126 Å². The van der Waals surface area contributed by atoms with Crippen molar-refractivity contribution in [3.05, 3.63) is 70.3 Å². The van der Waals surface area contributed by atoms with E-state index in [0.29, 0.717) is 12.5 Å². The van der Waals surface area contributed by atoms with Gasteiger partial charge < -0.3 is 10.5 Å². The highest BCUT2D eigenvalue weighted by atomic mass is 16.5. The average Bonchev–Trinajstić information content (AvgIpc) is 3.01. The molecule has 2 aromatic rings. The van der Waals surface area contributed by atoms with E-state index in [1.807, 2.05) is 0 Å². The van der Waals surface area contributed by atoms with Crippen LogP contribution >= 0.6 is 0 Å². The van der Waals surface area contributed by atoms with Gasteiger partial charge in [0, 0.05) is 0 Å². The van der Waals surface area contributed by atoms with Crippen LogP contribution in [0.1, 0.15) is 60.0 Å². The molecule has 1 aliphatic heterocycles. The normalized spacial score (nSPS) is 16.5. The Morgan fingerprint density at radius 3 is 2.29 bits per heavy atom. The van der Waals surface area contributed by atoms with Crippen molar-refractivity contribution in [1.29, 1.82) is 0 Å². The lowest BCUT2D eigenvalue weighted by Gasteiger charge is -2.15. The molecule has 0 aliphatic carbocycles. The maximum atomic E-state index is 6.43. The molecule has 2 unspecified atom stereocenters. The molecule has 0 spiro atoms. The first-order valence-electron chi connectivity index (χ1n) is 7.74. The minimum Gasteiger partial charge on any atom is -0.372 e. The standard InChI is InChI=1S/C19H23NO/c1-3-13(2)14-4-6-15(7-5-14)19(20)16-8-9-17-11-21-12-18(17)10-16/h4-10,13,19H,3,11-12,20H2,1-2H3. The zero-order chi connectivity index (χ0) is 14.8. The predicted molar refractivity (Wildman–Crippen MR) is 86.1 cm³/mol. The van der Waals surface area contributed by atoms with Crippen LogP contribution in [0.3, 0.4) is 0 Å². The third-order valence-electron chi connectivity index (χ3n) is 4.58. The minimum absolute atomic E-state index is 0.0677. The number of rotatable bonds is 4. The van der Waals surface area contributed by atoms with Gasteiger partial charge in [0.25, 0.3) is 0 Å². The van der Waals surface area contributed by atoms with E-state index in [0.717, 1.165) is 18.6 Å². The molecule has 0 aromatic heterocycles. The van der Waals surface area contributed by atoms with Gasteiger partial charge in [-0.25, -0.2) is 0 Å². The molecule has 0 radical (unpaired) electrons. The van der Waals surface area contributed by atoms with Crippen molar-refractivity contribution < 1.29 is 4.74 Å². The van der Waals surface area contributed by atoms with E-state index in [1.54, 1.807) is 0 Å². The van der Waals surface area contributed by atoms with Crippen molar-refractivity contribution in [2.24, 2.45) is 5.73 Å². The molecule has 0 fully saturated rings. The Balaban J connectivity index is 1.83. The molecule has 2 nitrogen and oxygen atoms in total. The summed E-state index contributed by atoms with van der Waals surface area (Å²) >= 11 is 0. The number of hydrogen-bond acceptors (Lipinski definition) is 2. The maximum absolute atomic E-state index is 6.43. The Morgan fingerprint density at radius 1 is 0.952 bits per heavy atom. The summed E-state index contributed by atoms with van der Waals surface area (Å²) in [5.41, 5.74) is 12.7. The first kappa shape index (κ1) is 14.3. The summed E-state index contributed by atoms with van der Waals surface area (Å²) in [4.78, 5) is 0. The zero-order valence-corrected chi connectivity index (χ0v) is 12.8. The summed E-state index contributed by atoms with van der Waals surface area (Å²) in [6.45, 7) is 5.92. The third kappa shape index (κ3) is 2.87. The van der Waals surface area contributed by atoms with Gasteiger partial charge in [0.05, 0.1) is 19.3 Å². The summed E-state index contributed by atoms with van der Waals surface area (Å²) in [6, 6.07) is 15.1. The van der Waals surface area contributed by atoms with Crippen molar-refractivity contribution in [3.8, 4) is 0 Å². The highest BCUT2D eigenvalue weighted by Gasteiger charge is 2.15. The monoisotopic (exact) mass is 281 g/mol. The van der Waals surface area contributed by atoms with Gasteiger partial charge in [-0.3, -0.25) is 0 Å². The fourth-order valence-electron chi connectivity index (χ4n) is 2.85. The van der Waals surface area contributed by atoms with Gasteiger partial charge in [-0.05, 0) is 40.2 Å². The van der Waals surface area contributed by atoms with Gasteiger partial charge in [0.15, 0.2) is 0 Å². The molecule has 110 valence electrons. The second kappa shape index (κ2) is 6.00. The Kier molecular flexibility index (Phi) is 4.09. The predicted octanol–water partition coefficient (Wildman–Crippen LogP) is 4.28. The fraction of sp³-hybridized carbons (Fsp3) is 0.368. The van der Waals surface area contributed by atoms with Crippen LogP contribution in [0.5, 0.6) is 0 Å². The molecule has 1 aliphatic rings. The molecule has 1 heterocycles. The summed E-state index contributed by atoms with van der Waals surface area (Å²) in [5.74, 6) is 0.604. The maximum Gasteiger partial charge on any atom is 0.0725 e. The van der Waals surface area contributed by atoms with E-state index in [2.05, 4.69) is 56.3 Å². The molecule has 0 amide bonds. The Morgan fingerprint density at radius 2 is 1.57 bits per heavy atom. The third-order valence-corrected chi connectivity index (χ3v) is 4.58. The molecule has 2 N–H and O–H groups in total. The van der Waals surface area contributed by atoms with E-state index in [-0.39, 0.29) is 6.04 Å².